The Morgan fingerprint density at radius 1 is 1.00 bits per heavy atom. The van der Waals surface area contributed by atoms with Gasteiger partial charge < -0.3 is 23.7 Å². The van der Waals surface area contributed by atoms with Gasteiger partial charge in [-0.05, 0) is 27.7 Å². The van der Waals surface area contributed by atoms with Gasteiger partial charge in [-0.2, -0.15) is 0 Å². The molecule has 0 unspecified atom stereocenters. The maximum atomic E-state index is 11.7. The van der Waals surface area contributed by atoms with Gasteiger partial charge in [0.05, 0.1) is 6.61 Å². The average molecular weight is 258 g/mol. The van der Waals surface area contributed by atoms with Crippen molar-refractivity contribution in [3.05, 3.63) is 0 Å². The fourth-order valence-electron chi connectivity index (χ4n) is 2.64. The molecule has 0 amide bonds. The van der Waals surface area contributed by atoms with Crippen LogP contribution >= 0.6 is 0 Å². The first kappa shape index (κ1) is 12.3. The highest BCUT2D eigenvalue weighted by Gasteiger charge is 2.59. The van der Waals surface area contributed by atoms with Crippen LogP contribution in [0.15, 0.2) is 0 Å². The minimum Gasteiger partial charge on any atom is -0.455 e. The van der Waals surface area contributed by atoms with Crippen LogP contribution in [-0.4, -0.2) is 48.6 Å². The van der Waals surface area contributed by atoms with E-state index < -0.39 is 29.9 Å². The third-order valence-electron chi connectivity index (χ3n) is 3.33. The van der Waals surface area contributed by atoms with Gasteiger partial charge in [-0.1, -0.05) is 0 Å². The Morgan fingerprint density at radius 2 is 1.72 bits per heavy atom. The van der Waals surface area contributed by atoms with E-state index in [1.165, 1.54) is 0 Å². The predicted molar refractivity (Wildman–Crippen MR) is 58.6 cm³/mol. The van der Waals surface area contributed by atoms with Gasteiger partial charge >= 0.3 is 5.97 Å². The molecule has 0 aromatic heterocycles. The van der Waals surface area contributed by atoms with E-state index in [2.05, 4.69) is 0 Å². The summed E-state index contributed by atoms with van der Waals surface area (Å²) < 4.78 is 27.8. The van der Waals surface area contributed by atoms with Crippen molar-refractivity contribution in [3.63, 3.8) is 0 Å². The lowest BCUT2D eigenvalue weighted by molar-refractivity contribution is -0.200. The molecule has 0 aromatic rings. The van der Waals surface area contributed by atoms with E-state index >= 15 is 0 Å². The Kier molecular flexibility index (Phi) is 2.51. The molecule has 3 rings (SSSR count). The van der Waals surface area contributed by atoms with Crippen LogP contribution in [0.4, 0.5) is 0 Å². The van der Waals surface area contributed by atoms with Crippen LogP contribution in [-0.2, 0) is 28.5 Å². The molecule has 0 spiro atoms. The molecule has 0 N–H and O–H groups in total. The topological polar surface area (TPSA) is 63.2 Å². The second kappa shape index (κ2) is 3.66. The van der Waals surface area contributed by atoms with Gasteiger partial charge in [-0.15, -0.1) is 0 Å². The van der Waals surface area contributed by atoms with Crippen LogP contribution in [0.2, 0.25) is 0 Å². The van der Waals surface area contributed by atoms with E-state index in [4.69, 9.17) is 23.7 Å². The van der Waals surface area contributed by atoms with Crippen molar-refractivity contribution in [2.75, 3.05) is 6.61 Å². The summed E-state index contributed by atoms with van der Waals surface area (Å²) in [7, 11) is 0. The average Bonchev–Trinajstić information content (AvgIpc) is 2.81. The molecule has 6 nitrogen and oxygen atoms in total. The zero-order valence-corrected chi connectivity index (χ0v) is 11.0. The molecular weight excluding hydrogens is 240 g/mol. The van der Waals surface area contributed by atoms with Crippen LogP contribution in [0.3, 0.4) is 0 Å². The quantitative estimate of drug-likeness (QED) is 0.641. The van der Waals surface area contributed by atoms with Gasteiger partial charge in [0.2, 0.25) is 0 Å². The summed E-state index contributed by atoms with van der Waals surface area (Å²) in [5.74, 6) is -1.80. The Balaban J connectivity index is 1.77. The second-order valence-electron chi connectivity index (χ2n) is 5.79. The number of hydrogen-bond donors (Lipinski definition) is 0. The second-order valence-corrected chi connectivity index (χ2v) is 5.79. The van der Waals surface area contributed by atoms with Gasteiger partial charge in [-0.25, -0.2) is 4.79 Å². The number of carbonyl (C=O) groups excluding carboxylic acids is 1. The first-order valence-corrected chi connectivity index (χ1v) is 6.15. The molecular formula is C12H18O6. The van der Waals surface area contributed by atoms with E-state index in [1.807, 2.05) is 13.8 Å². The van der Waals surface area contributed by atoms with Crippen molar-refractivity contribution >= 4 is 5.97 Å². The minimum atomic E-state index is -0.762. The number of esters is 1. The first-order valence-electron chi connectivity index (χ1n) is 6.15. The summed E-state index contributed by atoms with van der Waals surface area (Å²) in [4.78, 5) is 11.7. The van der Waals surface area contributed by atoms with Gasteiger partial charge in [0.25, 0.3) is 0 Å². The van der Waals surface area contributed by atoms with Crippen molar-refractivity contribution in [1.82, 2.24) is 0 Å². The summed E-state index contributed by atoms with van der Waals surface area (Å²) in [5, 5.41) is 0. The number of ether oxygens (including phenoxy) is 5. The molecule has 3 heterocycles. The van der Waals surface area contributed by atoms with Crippen molar-refractivity contribution in [3.8, 4) is 0 Å². The van der Waals surface area contributed by atoms with Gasteiger partial charge in [0.15, 0.2) is 23.8 Å². The first-order chi connectivity index (χ1) is 8.27. The number of cyclic esters (lactones) is 1. The standard InChI is InChI=1S/C12H18O6/c1-11(2)14-5-6(16-11)7-8-9(10(13)15-7)18-12(3,4)17-8/h6-9H,5H2,1-4H3/t6-,7-,8+,9+/m0/s1. The fourth-order valence-corrected chi connectivity index (χ4v) is 2.64. The highest BCUT2D eigenvalue weighted by molar-refractivity contribution is 5.78. The van der Waals surface area contributed by atoms with Gasteiger partial charge in [0, 0.05) is 0 Å². The van der Waals surface area contributed by atoms with Gasteiger partial charge in [0.1, 0.15) is 12.2 Å². The maximum absolute atomic E-state index is 11.7. The Hall–Kier alpha value is -0.690. The molecule has 3 aliphatic rings. The Morgan fingerprint density at radius 3 is 2.33 bits per heavy atom. The maximum Gasteiger partial charge on any atom is 0.338 e. The lowest BCUT2D eigenvalue weighted by Gasteiger charge is -2.25. The van der Waals surface area contributed by atoms with Crippen LogP contribution in [0.5, 0.6) is 0 Å². The lowest BCUT2D eigenvalue weighted by atomic mass is 10.1. The number of hydrogen-bond acceptors (Lipinski definition) is 6. The van der Waals surface area contributed by atoms with Crippen LogP contribution in [0.25, 0.3) is 0 Å². The molecule has 3 aliphatic heterocycles. The summed E-state index contributed by atoms with van der Waals surface area (Å²) in [6, 6.07) is 0. The predicted octanol–water partition coefficient (Wildman–Crippen LogP) is 0.583. The molecule has 0 radical (unpaired) electrons. The zero-order valence-electron chi connectivity index (χ0n) is 11.0. The third-order valence-corrected chi connectivity index (χ3v) is 3.33. The van der Waals surface area contributed by atoms with Crippen LogP contribution in [0, 0.1) is 0 Å². The summed E-state index contributed by atoms with van der Waals surface area (Å²) >= 11 is 0. The van der Waals surface area contributed by atoms with E-state index in [-0.39, 0.29) is 12.1 Å². The number of fused-ring (bicyclic) bond motifs is 1. The van der Waals surface area contributed by atoms with Crippen LogP contribution in [0.1, 0.15) is 27.7 Å². The molecule has 0 saturated carbocycles. The molecule has 0 bridgehead atoms. The largest absolute Gasteiger partial charge is 0.455 e. The number of carbonyl (C=O) groups is 1. The molecule has 6 heteroatoms. The summed E-state index contributed by atoms with van der Waals surface area (Å²) in [5.41, 5.74) is 0. The Labute approximate surface area is 105 Å². The molecule has 0 aliphatic carbocycles. The van der Waals surface area contributed by atoms with Crippen molar-refractivity contribution in [1.29, 1.82) is 0 Å². The van der Waals surface area contributed by atoms with Crippen molar-refractivity contribution in [2.45, 2.75) is 63.7 Å². The molecule has 102 valence electrons. The van der Waals surface area contributed by atoms with E-state index in [0.717, 1.165) is 0 Å². The normalized spacial score (nSPS) is 45.0. The highest BCUT2D eigenvalue weighted by atomic mass is 16.8. The van der Waals surface area contributed by atoms with E-state index in [0.29, 0.717) is 6.61 Å². The number of rotatable bonds is 1. The third kappa shape index (κ3) is 1.93. The van der Waals surface area contributed by atoms with Gasteiger partial charge in [-0.3, -0.25) is 0 Å². The fraction of sp³-hybridized carbons (Fsp3) is 0.917. The monoisotopic (exact) mass is 258 g/mol. The molecule has 3 saturated heterocycles. The molecule has 0 aromatic carbocycles. The minimum absolute atomic E-state index is 0.309. The summed E-state index contributed by atoms with van der Waals surface area (Å²) in [6.45, 7) is 7.61. The molecule has 18 heavy (non-hydrogen) atoms. The Bertz CT molecular complexity index is 377. The molecule has 3 fully saturated rings. The lowest BCUT2D eigenvalue weighted by Crippen LogP contribution is -2.40. The molecule has 4 atom stereocenters. The SMILES string of the molecule is CC1(C)OC[C@@H]([C@@H]2OC(=O)[C@@H]3OC(C)(C)O[C@H]23)O1. The highest BCUT2D eigenvalue weighted by Crippen LogP contribution is 2.39. The van der Waals surface area contributed by atoms with E-state index in [9.17, 15) is 4.79 Å². The zero-order chi connectivity index (χ0) is 13.1. The van der Waals surface area contributed by atoms with Crippen LogP contribution < -0.4 is 0 Å². The van der Waals surface area contributed by atoms with Crippen molar-refractivity contribution in [2.24, 2.45) is 0 Å². The smallest absolute Gasteiger partial charge is 0.338 e. The summed E-state index contributed by atoms with van der Waals surface area (Å²) in [6.07, 6.45) is -1.85. The van der Waals surface area contributed by atoms with E-state index in [1.54, 1.807) is 13.8 Å². The van der Waals surface area contributed by atoms with Crippen molar-refractivity contribution < 1.29 is 28.5 Å².